The van der Waals surface area contributed by atoms with E-state index in [0.29, 0.717) is 23.0 Å². The lowest BCUT2D eigenvalue weighted by Gasteiger charge is -2.29. The number of aryl methyl sites for hydroxylation is 2. The number of hydrogen-bond donors (Lipinski definition) is 0. The molecule has 3 aromatic rings. The molecule has 0 aliphatic heterocycles. The molecule has 1 saturated carbocycles. The second-order valence-electron chi connectivity index (χ2n) is 7.77. The number of amides is 1. The number of halogens is 1. The van der Waals surface area contributed by atoms with Crippen LogP contribution in [0.2, 0.25) is 5.15 Å². The predicted octanol–water partition coefficient (Wildman–Crippen LogP) is 4.96. The van der Waals surface area contributed by atoms with Crippen molar-refractivity contribution in [2.45, 2.75) is 52.2 Å². The van der Waals surface area contributed by atoms with E-state index < -0.39 is 0 Å². The summed E-state index contributed by atoms with van der Waals surface area (Å²) in [4.78, 5) is 19.9. The van der Waals surface area contributed by atoms with E-state index in [-0.39, 0.29) is 18.0 Å². The SMILES string of the molecule is Cc1ccc(Cn2nc(C)c(C(=O)N(C3CC3)C(C)c3ccccn3)c2Cl)cc1. The molecular formula is C23H25ClN4O. The molecule has 1 aliphatic rings. The monoisotopic (exact) mass is 408 g/mol. The summed E-state index contributed by atoms with van der Waals surface area (Å²) in [5.41, 5.74) is 4.34. The maximum absolute atomic E-state index is 13.6. The summed E-state index contributed by atoms with van der Waals surface area (Å²) >= 11 is 6.66. The van der Waals surface area contributed by atoms with Crippen LogP contribution in [0.5, 0.6) is 0 Å². The molecule has 0 radical (unpaired) electrons. The van der Waals surface area contributed by atoms with E-state index in [4.69, 9.17) is 11.6 Å². The highest BCUT2D eigenvalue weighted by Crippen LogP contribution is 2.36. The van der Waals surface area contributed by atoms with Crippen LogP contribution in [-0.2, 0) is 6.54 Å². The van der Waals surface area contributed by atoms with Gasteiger partial charge in [-0.3, -0.25) is 9.78 Å². The quantitative estimate of drug-likeness (QED) is 0.579. The van der Waals surface area contributed by atoms with E-state index in [1.54, 1.807) is 10.9 Å². The van der Waals surface area contributed by atoms with Crippen LogP contribution in [0.25, 0.3) is 0 Å². The topological polar surface area (TPSA) is 51.0 Å². The number of nitrogens with zero attached hydrogens (tertiary/aromatic N) is 4. The fraction of sp³-hybridized carbons (Fsp3) is 0.348. The number of aromatic nitrogens is 3. The third-order valence-corrected chi connectivity index (χ3v) is 5.82. The van der Waals surface area contributed by atoms with Crippen molar-refractivity contribution in [1.82, 2.24) is 19.7 Å². The fourth-order valence-electron chi connectivity index (χ4n) is 3.67. The van der Waals surface area contributed by atoms with Gasteiger partial charge in [-0.15, -0.1) is 0 Å². The van der Waals surface area contributed by atoms with Crippen LogP contribution in [-0.4, -0.2) is 31.6 Å². The van der Waals surface area contributed by atoms with E-state index in [0.717, 1.165) is 24.1 Å². The molecule has 5 nitrogen and oxygen atoms in total. The molecule has 0 N–H and O–H groups in total. The van der Waals surface area contributed by atoms with Gasteiger partial charge in [0.25, 0.3) is 5.91 Å². The lowest BCUT2D eigenvalue weighted by molar-refractivity contribution is 0.0669. The van der Waals surface area contributed by atoms with Crippen molar-refractivity contribution in [3.63, 3.8) is 0 Å². The smallest absolute Gasteiger partial charge is 0.259 e. The van der Waals surface area contributed by atoms with Crippen molar-refractivity contribution in [3.8, 4) is 0 Å². The van der Waals surface area contributed by atoms with Gasteiger partial charge in [-0.25, -0.2) is 4.68 Å². The van der Waals surface area contributed by atoms with Gasteiger partial charge >= 0.3 is 0 Å². The maximum atomic E-state index is 13.6. The number of carbonyl (C=O) groups is 1. The zero-order chi connectivity index (χ0) is 20.5. The van der Waals surface area contributed by atoms with Crippen molar-refractivity contribution < 1.29 is 4.79 Å². The Morgan fingerprint density at radius 3 is 2.55 bits per heavy atom. The number of rotatable bonds is 6. The summed E-state index contributed by atoms with van der Waals surface area (Å²) < 4.78 is 1.71. The zero-order valence-electron chi connectivity index (χ0n) is 17.0. The van der Waals surface area contributed by atoms with E-state index in [1.165, 1.54) is 5.56 Å². The number of hydrogen-bond acceptors (Lipinski definition) is 3. The summed E-state index contributed by atoms with van der Waals surface area (Å²) in [6, 6.07) is 14.2. The van der Waals surface area contributed by atoms with Gasteiger partial charge in [0.05, 0.1) is 29.5 Å². The Balaban J connectivity index is 1.63. The number of benzene rings is 1. The van der Waals surface area contributed by atoms with E-state index >= 15 is 0 Å². The Kier molecular flexibility index (Phi) is 5.41. The first-order valence-corrected chi connectivity index (χ1v) is 10.4. The fourth-order valence-corrected chi connectivity index (χ4v) is 3.99. The summed E-state index contributed by atoms with van der Waals surface area (Å²) in [7, 11) is 0. The van der Waals surface area contributed by atoms with E-state index in [2.05, 4.69) is 41.3 Å². The first kappa shape index (κ1) is 19.6. The molecule has 1 atom stereocenters. The Bertz CT molecular complexity index is 1010. The minimum Gasteiger partial charge on any atom is -0.327 e. The van der Waals surface area contributed by atoms with Crippen molar-refractivity contribution in [2.75, 3.05) is 0 Å². The van der Waals surface area contributed by atoms with Crippen LogP contribution >= 0.6 is 11.6 Å². The van der Waals surface area contributed by atoms with Crippen molar-refractivity contribution in [2.24, 2.45) is 0 Å². The molecule has 2 aromatic heterocycles. The van der Waals surface area contributed by atoms with Gasteiger partial charge in [0, 0.05) is 12.2 Å². The second-order valence-corrected chi connectivity index (χ2v) is 8.13. The largest absolute Gasteiger partial charge is 0.327 e. The highest BCUT2D eigenvalue weighted by atomic mass is 35.5. The predicted molar refractivity (Wildman–Crippen MR) is 114 cm³/mol. The van der Waals surface area contributed by atoms with Crippen molar-refractivity contribution >= 4 is 17.5 Å². The summed E-state index contributed by atoms with van der Waals surface area (Å²) in [5, 5.41) is 4.96. The molecule has 150 valence electrons. The van der Waals surface area contributed by atoms with Crippen LogP contribution in [0, 0.1) is 13.8 Å². The number of pyridine rings is 1. The highest BCUT2D eigenvalue weighted by molar-refractivity contribution is 6.33. The Hall–Kier alpha value is -2.66. The standard InChI is InChI=1S/C23H25ClN4O/c1-15-7-9-18(10-8-15)14-27-22(24)21(16(2)26-27)23(29)28(19-11-12-19)17(3)20-6-4-5-13-25-20/h4-10,13,17,19H,11-12,14H2,1-3H3. The molecule has 1 unspecified atom stereocenters. The molecule has 1 fully saturated rings. The molecule has 1 aliphatic carbocycles. The molecule has 0 spiro atoms. The van der Waals surface area contributed by atoms with Crippen molar-refractivity contribution in [3.05, 3.63) is 81.9 Å². The van der Waals surface area contributed by atoms with Crippen molar-refractivity contribution in [1.29, 1.82) is 0 Å². The first-order chi connectivity index (χ1) is 14.0. The minimum atomic E-state index is -0.118. The van der Waals surface area contributed by atoms with Crippen LogP contribution in [0.1, 0.15) is 58.7 Å². The molecule has 0 saturated heterocycles. The molecule has 4 rings (SSSR count). The summed E-state index contributed by atoms with van der Waals surface area (Å²) in [6.07, 6.45) is 3.79. The molecule has 2 heterocycles. The normalized spacial score (nSPS) is 14.6. The Labute approximate surface area is 176 Å². The summed E-state index contributed by atoms with van der Waals surface area (Å²) in [6.45, 7) is 6.47. The highest BCUT2D eigenvalue weighted by Gasteiger charge is 2.39. The average molecular weight is 409 g/mol. The van der Waals surface area contributed by atoms with E-state index in [9.17, 15) is 4.79 Å². The van der Waals surface area contributed by atoms with Crippen LogP contribution in [0.4, 0.5) is 0 Å². The second kappa shape index (κ2) is 7.99. The van der Waals surface area contributed by atoms with Gasteiger partial charge in [0.2, 0.25) is 0 Å². The van der Waals surface area contributed by atoms with Gasteiger partial charge in [-0.1, -0.05) is 47.5 Å². The van der Waals surface area contributed by atoms with Gasteiger partial charge < -0.3 is 4.90 Å². The minimum absolute atomic E-state index is 0.0664. The Morgan fingerprint density at radius 1 is 1.21 bits per heavy atom. The third kappa shape index (κ3) is 4.06. The van der Waals surface area contributed by atoms with Gasteiger partial charge in [0.15, 0.2) is 0 Å². The molecule has 1 aromatic carbocycles. The molecular weight excluding hydrogens is 384 g/mol. The lowest BCUT2D eigenvalue weighted by atomic mass is 10.1. The first-order valence-electron chi connectivity index (χ1n) is 9.97. The number of carbonyl (C=O) groups excluding carboxylic acids is 1. The molecule has 1 amide bonds. The molecule has 6 heteroatoms. The van der Waals surface area contributed by atoms with Gasteiger partial charge in [-0.05, 0) is 51.3 Å². The third-order valence-electron chi connectivity index (χ3n) is 5.44. The van der Waals surface area contributed by atoms with Gasteiger partial charge in [-0.2, -0.15) is 5.10 Å². The van der Waals surface area contributed by atoms with Crippen LogP contribution < -0.4 is 0 Å². The van der Waals surface area contributed by atoms with Gasteiger partial charge in [0.1, 0.15) is 5.15 Å². The van der Waals surface area contributed by atoms with Crippen LogP contribution in [0.3, 0.4) is 0 Å². The molecule has 29 heavy (non-hydrogen) atoms. The molecule has 0 bridgehead atoms. The maximum Gasteiger partial charge on any atom is 0.259 e. The van der Waals surface area contributed by atoms with Crippen LogP contribution in [0.15, 0.2) is 48.7 Å². The lowest BCUT2D eigenvalue weighted by Crippen LogP contribution is -2.36. The Morgan fingerprint density at radius 2 is 1.93 bits per heavy atom. The van der Waals surface area contributed by atoms with E-state index in [1.807, 2.05) is 36.9 Å². The average Bonchev–Trinajstić information content (AvgIpc) is 3.50. The summed E-state index contributed by atoms with van der Waals surface area (Å²) in [5.74, 6) is -0.0664. The zero-order valence-corrected chi connectivity index (χ0v) is 17.7.